The molecule has 0 aromatic heterocycles. The third-order valence-corrected chi connectivity index (χ3v) is 5.48. The van der Waals surface area contributed by atoms with Crippen molar-refractivity contribution in [3.63, 3.8) is 0 Å². The molecule has 1 saturated heterocycles. The molecule has 0 bridgehead atoms. The fourth-order valence-corrected chi connectivity index (χ4v) is 3.94. The van der Waals surface area contributed by atoms with Crippen molar-refractivity contribution in [3.05, 3.63) is 28.8 Å². The quantitative estimate of drug-likeness (QED) is 0.835. The number of sulfonamides is 1. The molecule has 2 unspecified atom stereocenters. The first kappa shape index (κ1) is 16.7. The summed E-state index contributed by atoms with van der Waals surface area (Å²) < 4.78 is 33.1. The second kappa shape index (κ2) is 7.07. The lowest BCUT2D eigenvalue weighted by atomic mass is 10.1. The minimum absolute atomic E-state index is 0.0520. The van der Waals surface area contributed by atoms with E-state index >= 15 is 0 Å². The molecule has 118 valence electrons. The average Bonchev–Trinajstić information content (AvgIpc) is 2.95. The van der Waals surface area contributed by atoms with E-state index in [0.717, 1.165) is 18.4 Å². The van der Waals surface area contributed by atoms with Crippen LogP contribution >= 0.6 is 11.6 Å². The van der Waals surface area contributed by atoms with E-state index in [4.69, 9.17) is 16.3 Å². The summed E-state index contributed by atoms with van der Waals surface area (Å²) in [4.78, 5) is 0.224. The maximum Gasteiger partial charge on any atom is 0.240 e. The van der Waals surface area contributed by atoms with Crippen LogP contribution in [0.3, 0.4) is 0 Å². The molecule has 7 heteroatoms. The molecule has 5 nitrogen and oxygen atoms in total. The first-order valence-corrected chi connectivity index (χ1v) is 8.87. The Bertz CT molecular complexity index is 586. The first-order chi connectivity index (χ1) is 9.94. The van der Waals surface area contributed by atoms with E-state index in [1.54, 1.807) is 19.2 Å². The Morgan fingerprint density at radius 3 is 2.86 bits per heavy atom. The highest BCUT2D eigenvalue weighted by molar-refractivity contribution is 7.89. The van der Waals surface area contributed by atoms with Gasteiger partial charge in [-0.3, -0.25) is 0 Å². The number of halogens is 1. The average molecular weight is 333 g/mol. The van der Waals surface area contributed by atoms with Gasteiger partial charge in [0.15, 0.2) is 0 Å². The molecule has 0 aliphatic carbocycles. The van der Waals surface area contributed by atoms with E-state index in [1.165, 1.54) is 6.07 Å². The molecule has 0 radical (unpaired) electrons. The first-order valence-electron chi connectivity index (χ1n) is 7.01. The van der Waals surface area contributed by atoms with Gasteiger partial charge in [-0.25, -0.2) is 13.1 Å². The zero-order chi connectivity index (χ0) is 15.5. The lowest BCUT2D eigenvalue weighted by Crippen LogP contribution is -2.40. The van der Waals surface area contributed by atoms with Crippen molar-refractivity contribution in [3.8, 4) is 0 Å². The summed E-state index contributed by atoms with van der Waals surface area (Å²) in [6.45, 7) is 3.05. The van der Waals surface area contributed by atoms with Gasteiger partial charge in [-0.15, -0.1) is 0 Å². The predicted octanol–water partition coefficient (Wildman–Crippen LogP) is 1.91. The number of rotatable bonds is 6. The fourth-order valence-electron chi connectivity index (χ4n) is 2.43. The van der Waals surface area contributed by atoms with Crippen molar-refractivity contribution in [2.45, 2.75) is 43.4 Å². The molecule has 0 saturated carbocycles. The smallest absolute Gasteiger partial charge is 0.240 e. The van der Waals surface area contributed by atoms with Crippen LogP contribution in [0.4, 0.5) is 0 Å². The monoisotopic (exact) mass is 332 g/mol. The van der Waals surface area contributed by atoms with Crippen molar-refractivity contribution in [1.82, 2.24) is 10.0 Å². The standard InChI is InChI=1S/C14H21ClN2O3S/c1-10(14-4-3-7-20-14)17-21(18,19)12-5-6-13(15)11(8-12)9-16-2/h5-6,8,10,14,16-17H,3-4,7,9H2,1-2H3. The van der Waals surface area contributed by atoms with E-state index in [2.05, 4.69) is 10.0 Å². The van der Waals surface area contributed by atoms with Gasteiger partial charge in [-0.1, -0.05) is 11.6 Å². The molecule has 1 aliphatic rings. The van der Waals surface area contributed by atoms with E-state index in [9.17, 15) is 8.42 Å². The van der Waals surface area contributed by atoms with E-state index in [0.29, 0.717) is 18.2 Å². The third kappa shape index (κ3) is 4.17. The van der Waals surface area contributed by atoms with Gasteiger partial charge in [0.25, 0.3) is 0 Å². The lowest BCUT2D eigenvalue weighted by molar-refractivity contribution is 0.0902. The topological polar surface area (TPSA) is 67.4 Å². The summed E-state index contributed by atoms with van der Waals surface area (Å²) in [6.07, 6.45) is 1.81. The summed E-state index contributed by atoms with van der Waals surface area (Å²) >= 11 is 6.06. The molecule has 1 fully saturated rings. The van der Waals surface area contributed by atoms with Crippen molar-refractivity contribution in [1.29, 1.82) is 0 Å². The lowest BCUT2D eigenvalue weighted by Gasteiger charge is -2.20. The van der Waals surface area contributed by atoms with Gasteiger partial charge in [0, 0.05) is 24.2 Å². The van der Waals surface area contributed by atoms with Gasteiger partial charge in [0.1, 0.15) is 0 Å². The molecule has 1 aromatic carbocycles. The number of ether oxygens (including phenoxy) is 1. The molecule has 1 heterocycles. The van der Waals surface area contributed by atoms with Gasteiger partial charge in [0.05, 0.1) is 11.0 Å². The molecule has 2 rings (SSSR count). The molecule has 2 atom stereocenters. The van der Waals surface area contributed by atoms with Gasteiger partial charge >= 0.3 is 0 Å². The van der Waals surface area contributed by atoms with Crippen LogP contribution in [0.2, 0.25) is 5.02 Å². The second-order valence-electron chi connectivity index (χ2n) is 5.24. The number of nitrogens with one attached hydrogen (secondary N) is 2. The van der Waals surface area contributed by atoms with Gasteiger partial charge in [0.2, 0.25) is 10.0 Å². The van der Waals surface area contributed by atoms with Crippen LogP contribution in [0.1, 0.15) is 25.3 Å². The van der Waals surface area contributed by atoms with Crippen LogP contribution in [0.25, 0.3) is 0 Å². The number of hydrogen-bond donors (Lipinski definition) is 2. The van der Waals surface area contributed by atoms with E-state index < -0.39 is 10.0 Å². The highest BCUT2D eigenvalue weighted by atomic mass is 35.5. The van der Waals surface area contributed by atoms with Crippen LogP contribution in [0, 0.1) is 0 Å². The maximum atomic E-state index is 12.4. The largest absolute Gasteiger partial charge is 0.377 e. The summed E-state index contributed by atoms with van der Waals surface area (Å²) in [5.41, 5.74) is 0.756. The zero-order valence-corrected chi connectivity index (χ0v) is 13.8. The Morgan fingerprint density at radius 1 is 1.48 bits per heavy atom. The summed E-state index contributed by atoms with van der Waals surface area (Å²) in [5, 5.41) is 3.52. The molecule has 1 aromatic rings. The normalized spacial score (nSPS) is 20.6. The Balaban J connectivity index is 2.16. The van der Waals surface area contributed by atoms with Gasteiger partial charge in [-0.05, 0) is 50.6 Å². The molecule has 0 amide bonds. The van der Waals surface area contributed by atoms with Crippen LogP contribution in [0.5, 0.6) is 0 Å². The minimum atomic E-state index is -3.57. The van der Waals surface area contributed by atoms with Gasteiger partial charge < -0.3 is 10.1 Å². The highest BCUT2D eigenvalue weighted by Gasteiger charge is 2.27. The Labute approximate surface area is 131 Å². The van der Waals surface area contributed by atoms with Crippen molar-refractivity contribution < 1.29 is 13.2 Å². The molecule has 0 spiro atoms. The molecular formula is C14H21ClN2O3S. The summed E-state index contributed by atoms with van der Waals surface area (Å²) in [7, 11) is -1.78. The number of hydrogen-bond acceptors (Lipinski definition) is 4. The highest BCUT2D eigenvalue weighted by Crippen LogP contribution is 2.22. The van der Waals surface area contributed by atoms with Crippen LogP contribution in [-0.2, 0) is 21.3 Å². The van der Waals surface area contributed by atoms with Gasteiger partial charge in [-0.2, -0.15) is 0 Å². The Kier molecular flexibility index (Phi) is 5.62. The third-order valence-electron chi connectivity index (χ3n) is 3.56. The predicted molar refractivity (Wildman–Crippen MR) is 83.0 cm³/mol. The Hall–Kier alpha value is -0.660. The molecule has 1 aliphatic heterocycles. The SMILES string of the molecule is CNCc1cc(S(=O)(=O)NC(C)C2CCCO2)ccc1Cl. The van der Waals surface area contributed by atoms with Crippen LogP contribution < -0.4 is 10.0 Å². The Morgan fingerprint density at radius 2 is 2.24 bits per heavy atom. The van der Waals surface area contributed by atoms with Crippen LogP contribution in [0.15, 0.2) is 23.1 Å². The number of benzene rings is 1. The van der Waals surface area contributed by atoms with Crippen molar-refractivity contribution >= 4 is 21.6 Å². The van der Waals surface area contributed by atoms with Crippen molar-refractivity contribution in [2.24, 2.45) is 0 Å². The molecule has 2 N–H and O–H groups in total. The summed E-state index contributed by atoms with van der Waals surface area (Å²) in [6, 6.07) is 4.48. The van der Waals surface area contributed by atoms with E-state index in [-0.39, 0.29) is 17.0 Å². The van der Waals surface area contributed by atoms with Crippen molar-refractivity contribution in [2.75, 3.05) is 13.7 Å². The maximum absolute atomic E-state index is 12.4. The molecular weight excluding hydrogens is 312 g/mol. The molecule has 21 heavy (non-hydrogen) atoms. The minimum Gasteiger partial charge on any atom is -0.377 e. The zero-order valence-electron chi connectivity index (χ0n) is 12.2. The second-order valence-corrected chi connectivity index (χ2v) is 7.37. The summed E-state index contributed by atoms with van der Waals surface area (Å²) in [5.74, 6) is 0. The van der Waals surface area contributed by atoms with E-state index in [1.807, 2.05) is 6.92 Å². The van der Waals surface area contributed by atoms with Crippen LogP contribution in [-0.4, -0.2) is 34.2 Å². The fraction of sp³-hybridized carbons (Fsp3) is 0.571.